The third kappa shape index (κ3) is 4.47. The van der Waals surface area contributed by atoms with Crippen molar-refractivity contribution in [1.29, 1.82) is 0 Å². The molecule has 0 unspecified atom stereocenters. The molecule has 0 fully saturated rings. The maximum absolute atomic E-state index is 5.61. The van der Waals surface area contributed by atoms with E-state index >= 15 is 0 Å². The Balaban J connectivity index is 1.65. The van der Waals surface area contributed by atoms with Gasteiger partial charge in [-0.15, -0.1) is 0 Å². The van der Waals surface area contributed by atoms with Crippen molar-refractivity contribution in [1.82, 2.24) is 10.3 Å². The van der Waals surface area contributed by atoms with Crippen molar-refractivity contribution in [3.63, 3.8) is 0 Å². The normalized spacial score (nSPS) is 10.3. The SMILES string of the molecule is Brc1cccc(OCCNCc2ccccn2)c1. The fourth-order valence-electron chi connectivity index (χ4n) is 1.52. The summed E-state index contributed by atoms with van der Waals surface area (Å²) in [5.41, 5.74) is 1.04. The van der Waals surface area contributed by atoms with E-state index in [0.717, 1.165) is 29.0 Å². The third-order valence-electron chi connectivity index (χ3n) is 2.38. The zero-order valence-corrected chi connectivity index (χ0v) is 11.6. The van der Waals surface area contributed by atoms with Gasteiger partial charge in [0, 0.05) is 23.8 Å². The van der Waals surface area contributed by atoms with E-state index in [1.54, 1.807) is 6.20 Å². The Kier molecular flexibility index (Phi) is 5.17. The van der Waals surface area contributed by atoms with Gasteiger partial charge in [0.25, 0.3) is 0 Å². The molecule has 0 spiro atoms. The van der Waals surface area contributed by atoms with Gasteiger partial charge in [-0.2, -0.15) is 0 Å². The van der Waals surface area contributed by atoms with Crippen molar-refractivity contribution in [2.24, 2.45) is 0 Å². The second-order valence-corrected chi connectivity index (χ2v) is 4.72. The van der Waals surface area contributed by atoms with E-state index in [1.165, 1.54) is 0 Å². The van der Waals surface area contributed by atoms with Crippen molar-refractivity contribution >= 4 is 15.9 Å². The van der Waals surface area contributed by atoms with Gasteiger partial charge in [0.1, 0.15) is 12.4 Å². The largest absolute Gasteiger partial charge is 0.492 e. The Morgan fingerprint density at radius 3 is 2.89 bits per heavy atom. The Bertz CT molecular complexity index is 476. The van der Waals surface area contributed by atoms with Crippen LogP contribution in [0.5, 0.6) is 5.75 Å². The number of benzene rings is 1. The topological polar surface area (TPSA) is 34.1 Å². The summed E-state index contributed by atoms with van der Waals surface area (Å²) in [5, 5.41) is 3.29. The van der Waals surface area contributed by atoms with Crippen molar-refractivity contribution < 1.29 is 4.74 Å². The summed E-state index contributed by atoms with van der Waals surface area (Å²) >= 11 is 3.41. The van der Waals surface area contributed by atoms with Gasteiger partial charge in [-0.05, 0) is 30.3 Å². The lowest BCUT2D eigenvalue weighted by atomic mass is 10.3. The second kappa shape index (κ2) is 7.13. The molecule has 0 aliphatic rings. The fraction of sp³-hybridized carbons (Fsp3) is 0.214. The van der Waals surface area contributed by atoms with Crippen LogP contribution in [0.4, 0.5) is 0 Å². The summed E-state index contributed by atoms with van der Waals surface area (Å²) in [6.45, 7) is 2.20. The minimum Gasteiger partial charge on any atom is -0.492 e. The maximum Gasteiger partial charge on any atom is 0.120 e. The van der Waals surface area contributed by atoms with Gasteiger partial charge in [0.15, 0.2) is 0 Å². The van der Waals surface area contributed by atoms with Crippen molar-refractivity contribution in [3.8, 4) is 5.75 Å². The molecule has 4 heteroatoms. The molecule has 0 radical (unpaired) electrons. The predicted octanol–water partition coefficient (Wildman–Crippen LogP) is 3.01. The zero-order chi connectivity index (χ0) is 12.6. The Morgan fingerprint density at radius 2 is 2.11 bits per heavy atom. The van der Waals surface area contributed by atoms with Crippen LogP contribution in [0.2, 0.25) is 0 Å². The number of pyridine rings is 1. The van der Waals surface area contributed by atoms with Crippen LogP contribution in [-0.2, 0) is 6.54 Å². The zero-order valence-electron chi connectivity index (χ0n) is 9.97. The first kappa shape index (κ1) is 13.1. The lowest BCUT2D eigenvalue weighted by molar-refractivity contribution is 0.313. The van der Waals surface area contributed by atoms with Crippen LogP contribution in [0, 0.1) is 0 Å². The quantitative estimate of drug-likeness (QED) is 0.833. The van der Waals surface area contributed by atoms with Crippen LogP contribution < -0.4 is 10.1 Å². The minimum atomic E-state index is 0.642. The van der Waals surface area contributed by atoms with Gasteiger partial charge in [-0.1, -0.05) is 28.1 Å². The minimum absolute atomic E-state index is 0.642. The van der Waals surface area contributed by atoms with Gasteiger partial charge in [-0.3, -0.25) is 4.98 Å². The Hall–Kier alpha value is -1.39. The highest BCUT2D eigenvalue weighted by Crippen LogP contribution is 2.17. The standard InChI is InChI=1S/C14H15BrN2O/c15-12-4-3-6-14(10-12)18-9-8-16-11-13-5-1-2-7-17-13/h1-7,10,16H,8-9,11H2. The lowest BCUT2D eigenvalue weighted by Gasteiger charge is -2.07. The monoisotopic (exact) mass is 306 g/mol. The molecule has 2 aromatic rings. The highest BCUT2D eigenvalue weighted by Gasteiger charge is 1.95. The van der Waals surface area contributed by atoms with Gasteiger partial charge in [0.05, 0.1) is 5.69 Å². The summed E-state index contributed by atoms with van der Waals surface area (Å²) in [4.78, 5) is 4.24. The molecular formula is C14H15BrN2O. The molecule has 0 aliphatic carbocycles. The number of rotatable bonds is 6. The van der Waals surface area contributed by atoms with Crippen LogP contribution >= 0.6 is 15.9 Å². The molecule has 0 bridgehead atoms. The summed E-state index contributed by atoms with van der Waals surface area (Å²) in [5.74, 6) is 0.879. The van der Waals surface area contributed by atoms with Crippen LogP contribution in [0.15, 0.2) is 53.1 Å². The van der Waals surface area contributed by atoms with E-state index < -0.39 is 0 Å². The Labute approximate surface area is 115 Å². The van der Waals surface area contributed by atoms with Gasteiger partial charge < -0.3 is 10.1 Å². The van der Waals surface area contributed by atoms with Crippen LogP contribution in [-0.4, -0.2) is 18.1 Å². The van der Waals surface area contributed by atoms with E-state index in [-0.39, 0.29) is 0 Å². The van der Waals surface area contributed by atoms with E-state index in [9.17, 15) is 0 Å². The van der Waals surface area contributed by atoms with Crippen LogP contribution in [0.25, 0.3) is 0 Å². The summed E-state index contributed by atoms with van der Waals surface area (Å²) < 4.78 is 6.64. The molecule has 3 nitrogen and oxygen atoms in total. The average molecular weight is 307 g/mol. The van der Waals surface area contributed by atoms with Crippen LogP contribution in [0.1, 0.15) is 5.69 Å². The molecule has 0 atom stereocenters. The number of aromatic nitrogens is 1. The Morgan fingerprint density at radius 1 is 1.17 bits per heavy atom. The molecular weight excluding hydrogens is 292 g/mol. The van der Waals surface area contributed by atoms with Crippen molar-refractivity contribution in [2.45, 2.75) is 6.54 Å². The van der Waals surface area contributed by atoms with Crippen LogP contribution in [0.3, 0.4) is 0 Å². The van der Waals surface area contributed by atoms with E-state index in [2.05, 4.69) is 26.2 Å². The number of hydrogen-bond acceptors (Lipinski definition) is 3. The second-order valence-electron chi connectivity index (χ2n) is 3.80. The number of halogens is 1. The number of ether oxygens (including phenoxy) is 1. The van der Waals surface area contributed by atoms with Gasteiger partial charge >= 0.3 is 0 Å². The molecule has 1 aromatic heterocycles. The third-order valence-corrected chi connectivity index (χ3v) is 2.87. The molecule has 0 saturated carbocycles. The average Bonchev–Trinajstić information content (AvgIpc) is 2.40. The first-order chi connectivity index (χ1) is 8.84. The molecule has 94 valence electrons. The first-order valence-electron chi connectivity index (χ1n) is 5.83. The molecule has 2 rings (SSSR count). The summed E-state index contributed by atoms with van der Waals surface area (Å²) in [6, 6.07) is 13.7. The van der Waals surface area contributed by atoms with Gasteiger partial charge in [0.2, 0.25) is 0 Å². The number of hydrogen-bond donors (Lipinski definition) is 1. The maximum atomic E-state index is 5.61. The van der Waals surface area contributed by atoms with Gasteiger partial charge in [-0.25, -0.2) is 0 Å². The number of nitrogens with one attached hydrogen (secondary N) is 1. The smallest absolute Gasteiger partial charge is 0.120 e. The molecule has 0 saturated heterocycles. The highest BCUT2D eigenvalue weighted by atomic mass is 79.9. The molecule has 18 heavy (non-hydrogen) atoms. The highest BCUT2D eigenvalue weighted by molar-refractivity contribution is 9.10. The molecule has 1 N–H and O–H groups in total. The van der Waals surface area contributed by atoms with E-state index in [4.69, 9.17) is 4.74 Å². The fourth-order valence-corrected chi connectivity index (χ4v) is 1.90. The number of nitrogens with zero attached hydrogens (tertiary/aromatic N) is 1. The predicted molar refractivity (Wildman–Crippen MR) is 75.6 cm³/mol. The molecule has 1 aromatic carbocycles. The summed E-state index contributed by atoms with van der Waals surface area (Å²) in [6.07, 6.45) is 1.80. The van der Waals surface area contributed by atoms with Crippen molar-refractivity contribution in [3.05, 3.63) is 58.8 Å². The van der Waals surface area contributed by atoms with Crippen molar-refractivity contribution in [2.75, 3.05) is 13.2 Å². The van der Waals surface area contributed by atoms with E-state index in [0.29, 0.717) is 6.61 Å². The van der Waals surface area contributed by atoms with E-state index in [1.807, 2.05) is 42.5 Å². The molecule has 1 heterocycles. The molecule has 0 aliphatic heterocycles. The summed E-state index contributed by atoms with van der Waals surface area (Å²) in [7, 11) is 0. The molecule has 0 amide bonds. The first-order valence-corrected chi connectivity index (χ1v) is 6.63. The lowest BCUT2D eigenvalue weighted by Crippen LogP contribution is -2.21.